The summed E-state index contributed by atoms with van der Waals surface area (Å²) in [5, 5.41) is 12.3. The lowest BCUT2D eigenvalue weighted by Gasteiger charge is -2.17. The molecule has 6 heteroatoms. The lowest BCUT2D eigenvalue weighted by molar-refractivity contribution is -0.481. The molecule has 0 saturated carbocycles. The Kier molecular flexibility index (Phi) is 4.37. The Bertz CT molecular complexity index is 872. The van der Waals surface area contributed by atoms with E-state index in [9.17, 15) is 10.1 Å². The van der Waals surface area contributed by atoms with Crippen molar-refractivity contribution in [2.75, 3.05) is 20.8 Å². The van der Waals surface area contributed by atoms with Crippen LogP contribution in [0, 0.1) is 10.1 Å². The van der Waals surface area contributed by atoms with E-state index in [2.05, 4.69) is 4.98 Å². The number of fused-ring (bicyclic) bond motifs is 1. The highest BCUT2D eigenvalue weighted by Gasteiger charge is 2.26. The molecule has 3 rings (SSSR count). The molecule has 0 unspecified atom stereocenters. The van der Waals surface area contributed by atoms with Gasteiger partial charge in [-0.25, -0.2) is 0 Å². The number of hydrogen-bond donors (Lipinski definition) is 1. The highest BCUT2D eigenvalue weighted by atomic mass is 16.6. The fraction of sp³-hybridized carbons (Fsp3) is 0.222. The van der Waals surface area contributed by atoms with Gasteiger partial charge in [-0.15, -0.1) is 0 Å². The molecule has 0 saturated heterocycles. The summed E-state index contributed by atoms with van der Waals surface area (Å²) < 4.78 is 10.7. The van der Waals surface area contributed by atoms with E-state index in [1.807, 2.05) is 30.5 Å². The third-order valence-corrected chi connectivity index (χ3v) is 4.14. The topological polar surface area (TPSA) is 77.4 Å². The molecule has 1 N–H and O–H groups in total. The second-order valence-corrected chi connectivity index (χ2v) is 5.47. The Morgan fingerprint density at radius 1 is 1.12 bits per heavy atom. The van der Waals surface area contributed by atoms with Gasteiger partial charge in [-0.2, -0.15) is 0 Å². The molecule has 2 aromatic carbocycles. The number of nitro groups is 1. The maximum Gasteiger partial charge on any atom is 0.214 e. The van der Waals surface area contributed by atoms with Gasteiger partial charge in [-0.3, -0.25) is 10.1 Å². The van der Waals surface area contributed by atoms with E-state index in [4.69, 9.17) is 9.47 Å². The molecule has 3 aromatic rings. The van der Waals surface area contributed by atoms with Gasteiger partial charge in [0.05, 0.1) is 20.1 Å². The predicted molar refractivity (Wildman–Crippen MR) is 91.5 cm³/mol. The molecule has 6 nitrogen and oxygen atoms in total. The Hall–Kier alpha value is -3.02. The molecule has 124 valence electrons. The van der Waals surface area contributed by atoms with Crippen LogP contribution in [0.2, 0.25) is 0 Å². The predicted octanol–water partition coefficient (Wildman–Crippen LogP) is 3.59. The van der Waals surface area contributed by atoms with Crippen molar-refractivity contribution in [1.29, 1.82) is 0 Å². The van der Waals surface area contributed by atoms with Gasteiger partial charge in [0.25, 0.3) is 0 Å². The molecule has 0 aliphatic heterocycles. The van der Waals surface area contributed by atoms with Crippen molar-refractivity contribution >= 4 is 10.9 Å². The van der Waals surface area contributed by atoms with Crippen molar-refractivity contribution in [2.45, 2.75) is 5.92 Å². The lowest BCUT2D eigenvalue weighted by atomic mass is 9.90. The van der Waals surface area contributed by atoms with E-state index in [0.717, 1.165) is 22.0 Å². The summed E-state index contributed by atoms with van der Waals surface area (Å²) in [6, 6.07) is 13.1. The molecular weight excluding hydrogens is 308 g/mol. The average molecular weight is 326 g/mol. The Morgan fingerprint density at radius 3 is 2.62 bits per heavy atom. The molecule has 0 spiro atoms. The zero-order valence-corrected chi connectivity index (χ0v) is 13.5. The maximum atomic E-state index is 11.3. The van der Waals surface area contributed by atoms with Crippen LogP contribution in [0.25, 0.3) is 10.9 Å². The highest BCUT2D eigenvalue weighted by molar-refractivity contribution is 5.84. The van der Waals surface area contributed by atoms with Gasteiger partial charge < -0.3 is 14.5 Å². The minimum atomic E-state index is -0.443. The van der Waals surface area contributed by atoms with Crippen LogP contribution in [0.3, 0.4) is 0 Å². The number of H-pyrrole nitrogens is 1. The number of aromatic nitrogens is 1. The molecule has 0 aliphatic carbocycles. The molecule has 0 amide bonds. The minimum absolute atomic E-state index is 0.231. The van der Waals surface area contributed by atoms with Crippen LogP contribution in [-0.2, 0) is 0 Å². The van der Waals surface area contributed by atoms with Crippen LogP contribution in [0.15, 0.2) is 48.7 Å². The third kappa shape index (κ3) is 2.90. The van der Waals surface area contributed by atoms with Gasteiger partial charge in [0.15, 0.2) is 0 Å². The first-order chi connectivity index (χ1) is 11.6. The number of nitrogens with one attached hydrogen (secondary N) is 1. The van der Waals surface area contributed by atoms with E-state index in [0.29, 0.717) is 11.5 Å². The molecule has 1 aromatic heterocycles. The second-order valence-electron chi connectivity index (χ2n) is 5.47. The van der Waals surface area contributed by atoms with Crippen LogP contribution in [0.1, 0.15) is 17.0 Å². The Morgan fingerprint density at radius 2 is 1.92 bits per heavy atom. The second kappa shape index (κ2) is 6.62. The zero-order chi connectivity index (χ0) is 17.1. The summed E-state index contributed by atoms with van der Waals surface area (Å²) in [6.45, 7) is -0.231. The fourth-order valence-corrected chi connectivity index (χ4v) is 3.01. The number of methoxy groups -OCH3 is 2. The Balaban J connectivity index is 2.19. The summed E-state index contributed by atoms with van der Waals surface area (Å²) >= 11 is 0. The molecule has 1 heterocycles. The molecule has 24 heavy (non-hydrogen) atoms. The van der Waals surface area contributed by atoms with Gasteiger partial charge in [0.1, 0.15) is 11.5 Å². The van der Waals surface area contributed by atoms with E-state index in [-0.39, 0.29) is 11.5 Å². The zero-order valence-electron chi connectivity index (χ0n) is 13.5. The SMILES string of the molecule is COc1ccc(OC)c([C@H](C[N+](=O)[O-])c2c[nH]c3ccccc23)c1. The highest BCUT2D eigenvalue weighted by Crippen LogP contribution is 2.37. The van der Waals surface area contributed by atoms with E-state index < -0.39 is 5.92 Å². The van der Waals surface area contributed by atoms with Crippen LogP contribution in [0.5, 0.6) is 11.5 Å². The standard InChI is InChI=1S/C18H18N2O4/c1-23-12-7-8-18(24-2)14(9-12)16(11-20(21)22)15-10-19-17-6-4-3-5-13(15)17/h3-10,16,19H,11H2,1-2H3/t16-/m0/s1. The van der Waals surface area contributed by atoms with Crippen molar-refractivity contribution in [2.24, 2.45) is 0 Å². The number of nitrogens with zero attached hydrogens (tertiary/aromatic N) is 1. The number of para-hydroxylation sites is 1. The molecule has 0 bridgehead atoms. The van der Waals surface area contributed by atoms with Crippen molar-refractivity contribution in [3.63, 3.8) is 0 Å². The molecule has 0 fully saturated rings. The number of ether oxygens (including phenoxy) is 2. The molecule has 0 radical (unpaired) electrons. The number of hydrogen-bond acceptors (Lipinski definition) is 4. The molecular formula is C18H18N2O4. The van der Waals surface area contributed by atoms with E-state index in [1.54, 1.807) is 32.4 Å². The van der Waals surface area contributed by atoms with Gasteiger partial charge in [-0.05, 0) is 29.8 Å². The number of aromatic amines is 1. The van der Waals surface area contributed by atoms with Crippen LogP contribution in [-0.4, -0.2) is 30.7 Å². The lowest BCUT2D eigenvalue weighted by Crippen LogP contribution is -2.14. The molecule has 1 atom stereocenters. The van der Waals surface area contributed by atoms with Crippen LogP contribution < -0.4 is 9.47 Å². The van der Waals surface area contributed by atoms with Gasteiger partial charge in [-0.1, -0.05) is 18.2 Å². The summed E-state index contributed by atoms with van der Waals surface area (Å²) in [4.78, 5) is 14.2. The normalized spacial score (nSPS) is 12.1. The van der Waals surface area contributed by atoms with Crippen molar-refractivity contribution in [1.82, 2.24) is 4.98 Å². The first-order valence-corrected chi connectivity index (χ1v) is 7.53. The van der Waals surface area contributed by atoms with E-state index in [1.165, 1.54) is 0 Å². The van der Waals surface area contributed by atoms with Crippen molar-refractivity contribution in [3.05, 3.63) is 69.9 Å². The summed E-state index contributed by atoms with van der Waals surface area (Å²) in [5.41, 5.74) is 2.55. The first-order valence-electron chi connectivity index (χ1n) is 7.53. The first kappa shape index (κ1) is 15.9. The maximum absolute atomic E-state index is 11.3. The van der Waals surface area contributed by atoms with Gasteiger partial charge in [0.2, 0.25) is 6.54 Å². The number of rotatable bonds is 6. The van der Waals surface area contributed by atoms with Gasteiger partial charge in [0, 0.05) is 27.6 Å². The molecule has 0 aliphatic rings. The fourth-order valence-electron chi connectivity index (χ4n) is 3.01. The summed E-state index contributed by atoms with van der Waals surface area (Å²) in [6.07, 6.45) is 1.83. The van der Waals surface area contributed by atoms with Gasteiger partial charge >= 0.3 is 0 Å². The average Bonchev–Trinajstić information content (AvgIpc) is 3.03. The summed E-state index contributed by atoms with van der Waals surface area (Å²) in [7, 11) is 3.13. The quantitative estimate of drug-likeness (QED) is 0.554. The van der Waals surface area contributed by atoms with Crippen molar-refractivity contribution in [3.8, 4) is 11.5 Å². The minimum Gasteiger partial charge on any atom is -0.497 e. The largest absolute Gasteiger partial charge is 0.497 e. The van der Waals surface area contributed by atoms with Crippen LogP contribution in [0.4, 0.5) is 0 Å². The van der Waals surface area contributed by atoms with Crippen LogP contribution >= 0.6 is 0 Å². The van der Waals surface area contributed by atoms with Crippen molar-refractivity contribution < 1.29 is 14.4 Å². The third-order valence-electron chi connectivity index (χ3n) is 4.14. The summed E-state index contributed by atoms with van der Waals surface area (Å²) in [5.74, 6) is 0.799. The smallest absolute Gasteiger partial charge is 0.214 e. The van der Waals surface area contributed by atoms with E-state index >= 15 is 0 Å². The number of benzene rings is 2. The Labute approximate surface area is 139 Å². The monoisotopic (exact) mass is 326 g/mol.